The first-order valence-electron chi connectivity index (χ1n) is 13.5. The lowest BCUT2D eigenvalue weighted by Gasteiger charge is -2.41. The summed E-state index contributed by atoms with van der Waals surface area (Å²) in [5.74, 6) is -4.08. The largest absolute Gasteiger partial charge is 0.507 e. The number of hydrogen-bond donors (Lipinski definition) is 1. The third kappa shape index (κ3) is 4.68. The average Bonchev–Trinajstić information content (AvgIpc) is 2.95. The van der Waals surface area contributed by atoms with E-state index in [4.69, 9.17) is 0 Å². The zero-order chi connectivity index (χ0) is 30.5. The van der Waals surface area contributed by atoms with Crippen molar-refractivity contribution in [1.29, 1.82) is 0 Å². The maximum atomic E-state index is 16.4. The summed E-state index contributed by atoms with van der Waals surface area (Å²) in [4.78, 5) is 38.2. The first kappa shape index (κ1) is 28.8. The number of rotatable bonds is 5. The van der Waals surface area contributed by atoms with E-state index < -0.39 is 46.1 Å². The van der Waals surface area contributed by atoms with Gasteiger partial charge in [-0.3, -0.25) is 19.1 Å². The smallest absolute Gasteiger partial charge is 0.295 e. The van der Waals surface area contributed by atoms with Crippen molar-refractivity contribution in [3.05, 3.63) is 88.2 Å². The van der Waals surface area contributed by atoms with E-state index in [1.807, 2.05) is 13.8 Å². The number of carbonyl (C=O) groups excluding carboxylic acids is 1. The Bertz CT molecular complexity index is 1780. The highest BCUT2D eigenvalue weighted by atomic mass is 19.1. The summed E-state index contributed by atoms with van der Waals surface area (Å²) in [5, 5.41) is 10.4. The van der Waals surface area contributed by atoms with Crippen LogP contribution in [0.1, 0.15) is 37.9 Å². The maximum absolute atomic E-state index is 16.4. The Kier molecular flexibility index (Phi) is 7.53. The first-order chi connectivity index (χ1) is 20.0. The lowest BCUT2D eigenvalue weighted by atomic mass is 10.0. The highest BCUT2D eigenvalue weighted by Crippen LogP contribution is 2.38. The summed E-state index contributed by atoms with van der Waals surface area (Å²) in [6, 6.07) is 5.73. The van der Waals surface area contributed by atoms with Gasteiger partial charge in [0.15, 0.2) is 11.5 Å². The van der Waals surface area contributed by atoms with Crippen molar-refractivity contribution >= 4 is 22.6 Å². The van der Waals surface area contributed by atoms with Gasteiger partial charge in [-0.05, 0) is 55.7 Å². The Morgan fingerprint density at radius 1 is 1.14 bits per heavy atom. The number of pyridine rings is 3. The standard InChI is InChI=1S/C31H30F3N5O3/c1-6-23(41)37-12-13-38(18(5)15-37)29-19-14-21(33)27(24-20(32)8-7-9-22(24)40)36-30(19)39(31(42)25(29)34)28-17(4)10-11-35-26(28)16(2)3/h6-11,14,16,18,40H,1,12-13,15H2,2-5H3. The van der Waals surface area contributed by atoms with Crippen molar-refractivity contribution in [1.82, 2.24) is 19.4 Å². The van der Waals surface area contributed by atoms with Crippen LogP contribution in [0.5, 0.6) is 5.75 Å². The predicted molar refractivity (Wildman–Crippen MR) is 155 cm³/mol. The number of aryl methyl sites for hydroxylation is 1. The second kappa shape index (κ2) is 11.0. The van der Waals surface area contributed by atoms with Gasteiger partial charge >= 0.3 is 0 Å². The van der Waals surface area contributed by atoms with Crippen LogP contribution in [0.3, 0.4) is 0 Å². The number of benzene rings is 1. The van der Waals surface area contributed by atoms with Crippen molar-refractivity contribution in [3.63, 3.8) is 0 Å². The molecule has 218 valence electrons. The molecule has 1 unspecified atom stereocenters. The normalized spacial score (nSPS) is 15.5. The predicted octanol–water partition coefficient (Wildman–Crippen LogP) is 5.23. The molecule has 0 spiro atoms. The molecule has 1 amide bonds. The van der Waals surface area contributed by atoms with Crippen LogP contribution in [0.2, 0.25) is 0 Å². The van der Waals surface area contributed by atoms with E-state index >= 15 is 8.78 Å². The maximum Gasteiger partial charge on any atom is 0.295 e. The minimum absolute atomic E-state index is 0.0301. The Hall–Kier alpha value is -4.67. The van der Waals surface area contributed by atoms with Crippen LogP contribution >= 0.6 is 0 Å². The molecule has 4 heterocycles. The van der Waals surface area contributed by atoms with Gasteiger partial charge in [0.1, 0.15) is 17.3 Å². The van der Waals surface area contributed by atoms with Crippen LogP contribution in [0.4, 0.5) is 18.9 Å². The molecule has 8 nitrogen and oxygen atoms in total. The summed E-state index contributed by atoms with van der Waals surface area (Å²) in [7, 11) is 0. The fourth-order valence-electron chi connectivity index (χ4n) is 5.55. The Labute approximate surface area is 240 Å². The molecule has 1 aromatic carbocycles. The minimum atomic E-state index is -1.13. The molecule has 5 rings (SSSR count). The van der Waals surface area contributed by atoms with Gasteiger partial charge < -0.3 is 14.9 Å². The molecule has 0 aliphatic carbocycles. The number of nitrogens with zero attached hydrogens (tertiary/aromatic N) is 5. The van der Waals surface area contributed by atoms with E-state index in [2.05, 4.69) is 16.5 Å². The second-order valence-corrected chi connectivity index (χ2v) is 10.7. The van der Waals surface area contributed by atoms with Crippen molar-refractivity contribution in [2.75, 3.05) is 24.5 Å². The molecule has 1 aliphatic heterocycles. The average molecular weight is 578 g/mol. The van der Waals surface area contributed by atoms with Gasteiger partial charge in [0, 0.05) is 37.3 Å². The summed E-state index contributed by atoms with van der Waals surface area (Å²) >= 11 is 0. The highest BCUT2D eigenvalue weighted by molar-refractivity contribution is 5.94. The van der Waals surface area contributed by atoms with Crippen LogP contribution in [0.25, 0.3) is 28.0 Å². The van der Waals surface area contributed by atoms with Crippen molar-refractivity contribution in [2.24, 2.45) is 0 Å². The quantitative estimate of drug-likeness (QED) is 0.327. The van der Waals surface area contributed by atoms with Gasteiger partial charge in [-0.25, -0.2) is 13.8 Å². The molecule has 1 N–H and O–H groups in total. The number of hydrogen-bond acceptors (Lipinski definition) is 6. The summed E-state index contributed by atoms with van der Waals surface area (Å²) < 4.78 is 48.2. The van der Waals surface area contributed by atoms with E-state index in [0.29, 0.717) is 11.3 Å². The number of anilines is 1. The molecule has 42 heavy (non-hydrogen) atoms. The van der Waals surface area contributed by atoms with Gasteiger partial charge in [-0.2, -0.15) is 4.39 Å². The zero-order valence-corrected chi connectivity index (χ0v) is 23.7. The topological polar surface area (TPSA) is 91.6 Å². The number of carbonyl (C=O) groups is 1. The molecule has 11 heteroatoms. The van der Waals surface area contributed by atoms with Gasteiger partial charge in [0.05, 0.1) is 22.6 Å². The van der Waals surface area contributed by atoms with Crippen LogP contribution in [0, 0.1) is 24.4 Å². The summed E-state index contributed by atoms with van der Waals surface area (Å²) in [6.45, 7) is 11.3. The molecule has 0 radical (unpaired) electrons. The van der Waals surface area contributed by atoms with Crippen LogP contribution in [-0.4, -0.2) is 56.1 Å². The van der Waals surface area contributed by atoms with E-state index in [1.54, 1.807) is 35.9 Å². The summed E-state index contributed by atoms with van der Waals surface area (Å²) in [5.41, 5.74) is -1.02. The third-order valence-corrected chi connectivity index (χ3v) is 7.58. The van der Waals surface area contributed by atoms with Crippen LogP contribution in [-0.2, 0) is 4.79 Å². The van der Waals surface area contributed by atoms with Crippen LogP contribution in [0.15, 0.2) is 54.0 Å². The fraction of sp³-hybridized carbons (Fsp3) is 0.290. The lowest BCUT2D eigenvalue weighted by molar-refractivity contribution is -0.126. The first-order valence-corrected chi connectivity index (χ1v) is 13.5. The number of piperazine rings is 1. The number of phenols is 1. The number of aromatic nitrogens is 3. The summed E-state index contributed by atoms with van der Waals surface area (Å²) in [6.07, 6.45) is 2.77. The lowest BCUT2D eigenvalue weighted by Crippen LogP contribution is -2.54. The number of halogens is 3. The second-order valence-electron chi connectivity index (χ2n) is 10.7. The monoisotopic (exact) mass is 577 g/mol. The van der Waals surface area contributed by atoms with E-state index in [-0.39, 0.29) is 53.9 Å². The number of amides is 1. The minimum Gasteiger partial charge on any atom is -0.507 e. The van der Waals surface area contributed by atoms with Gasteiger partial charge in [-0.15, -0.1) is 0 Å². The molecule has 0 saturated carbocycles. The molecule has 3 aromatic heterocycles. The Morgan fingerprint density at radius 3 is 2.52 bits per heavy atom. The van der Waals surface area contributed by atoms with Gasteiger partial charge in [0.25, 0.3) is 5.56 Å². The van der Waals surface area contributed by atoms with E-state index in [1.165, 1.54) is 18.2 Å². The molecule has 1 aliphatic rings. The van der Waals surface area contributed by atoms with Crippen molar-refractivity contribution in [2.45, 2.75) is 39.7 Å². The molecule has 1 atom stereocenters. The third-order valence-electron chi connectivity index (χ3n) is 7.58. The Balaban J connectivity index is 1.88. The number of fused-ring (bicyclic) bond motifs is 1. The Morgan fingerprint density at radius 2 is 1.88 bits per heavy atom. The van der Waals surface area contributed by atoms with Crippen LogP contribution < -0.4 is 10.5 Å². The fourth-order valence-corrected chi connectivity index (χ4v) is 5.55. The van der Waals surface area contributed by atoms with E-state index in [0.717, 1.165) is 16.7 Å². The molecule has 1 fully saturated rings. The van der Waals surface area contributed by atoms with Gasteiger partial charge in [0.2, 0.25) is 11.7 Å². The molecular formula is C31H30F3N5O3. The highest BCUT2D eigenvalue weighted by Gasteiger charge is 2.33. The molecule has 0 bridgehead atoms. The molecule has 4 aromatic rings. The van der Waals surface area contributed by atoms with Crippen molar-refractivity contribution < 1.29 is 23.1 Å². The van der Waals surface area contributed by atoms with Crippen molar-refractivity contribution in [3.8, 4) is 22.7 Å². The van der Waals surface area contributed by atoms with E-state index in [9.17, 15) is 19.1 Å². The number of phenolic OH excluding ortho intramolecular Hbond substituents is 1. The van der Waals surface area contributed by atoms with Gasteiger partial charge in [-0.1, -0.05) is 26.5 Å². The molecular weight excluding hydrogens is 547 g/mol. The molecule has 1 saturated heterocycles. The zero-order valence-electron chi connectivity index (χ0n) is 23.7. The number of aromatic hydroxyl groups is 1. The SMILES string of the molecule is C=CC(=O)N1CCN(c2c(F)c(=O)n(-c3c(C)ccnc3C(C)C)c3nc(-c4c(O)cccc4F)c(F)cc23)C(C)C1.